The number of ether oxygens (including phenoxy) is 1. The molecule has 0 aromatic heterocycles. The molecule has 0 radical (unpaired) electrons. The average molecular weight is 354 g/mol. The zero-order chi connectivity index (χ0) is 18.9. The van der Waals surface area contributed by atoms with E-state index in [1.165, 1.54) is 22.4 Å². The molecule has 2 aliphatic rings. The first-order valence-corrected chi connectivity index (χ1v) is 9.48. The van der Waals surface area contributed by atoms with Gasteiger partial charge in [0.15, 0.2) is 0 Å². The molecule has 1 heterocycles. The van der Waals surface area contributed by atoms with Crippen molar-refractivity contribution >= 4 is 11.8 Å². The summed E-state index contributed by atoms with van der Waals surface area (Å²) in [5.41, 5.74) is 5.67. The van der Waals surface area contributed by atoms with E-state index in [9.17, 15) is 4.79 Å². The summed E-state index contributed by atoms with van der Waals surface area (Å²) in [5, 5.41) is 0. The van der Waals surface area contributed by atoms with Crippen LogP contribution >= 0.6 is 0 Å². The second-order valence-corrected chi connectivity index (χ2v) is 8.25. The minimum Gasteiger partial charge on any atom is -0.443 e. The van der Waals surface area contributed by atoms with Gasteiger partial charge in [0.25, 0.3) is 0 Å². The number of para-hydroxylation sites is 1. The molecule has 4 heteroatoms. The van der Waals surface area contributed by atoms with Crippen molar-refractivity contribution in [2.24, 2.45) is 0 Å². The fourth-order valence-corrected chi connectivity index (χ4v) is 3.77. The molecule has 0 saturated heterocycles. The summed E-state index contributed by atoms with van der Waals surface area (Å²) in [6.45, 7) is 8.83. The SMILES string of the molecule is CC1=C(N(C)C(=O)OC(C)(C)C)/C(=C/N2CCCc3ccccc32)CC1. The molecule has 4 nitrogen and oxygen atoms in total. The van der Waals surface area contributed by atoms with Crippen LogP contribution in [-0.2, 0) is 11.2 Å². The lowest BCUT2D eigenvalue weighted by Gasteiger charge is -2.30. The van der Waals surface area contributed by atoms with Crippen molar-refractivity contribution in [3.8, 4) is 0 Å². The van der Waals surface area contributed by atoms with Gasteiger partial charge in [0.1, 0.15) is 5.60 Å². The molecule has 0 N–H and O–H groups in total. The van der Waals surface area contributed by atoms with Crippen molar-refractivity contribution < 1.29 is 9.53 Å². The van der Waals surface area contributed by atoms with Crippen molar-refractivity contribution in [1.82, 2.24) is 4.90 Å². The summed E-state index contributed by atoms with van der Waals surface area (Å²) in [5.74, 6) is 0. The molecule has 0 unspecified atom stereocenters. The number of hydrogen-bond acceptors (Lipinski definition) is 3. The molecule has 0 bridgehead atoms. The highest BCUT2D eigenvalue weighted by atomic mass is 16.6. The lowest BCUT2D eigenvalue weighted by molar-refractivity contribution is 0.0356. The fourth-order valence-electron chi connectivity index (χ4n) is 3.77. The minimum atomic E-state index is -0.492. The molecule has 1 aliphatic carbocycles. The molecule has 1 aromatic carbocycles. The molecular weight excluding hydrogens is 324 g/mol. The quantitative estimate of drug-likeness (QED) is 0.726. The Kier molecular flexibility index (Phi) is 5.12. The number of benzene rings is 1. The Hall–Kier alpha value is -2.23. The van der Waals surface area contributed by atoms with Gasteiger partial charge >= 0.3 is 6.09 Å². The second kappa shape index (κ2) is 7.18. The molecule has 1 aliphatic heterocycles. The van der Waals surface area contributed by atoms with Gasteiger partial charge in [0.2, 0.25) is 0 Å². The van der Waals surface area contributed by atoms with Crippen LogP contribution in [0.25, 0.3) is 0 Å². The van der Waals surface area contributed by atoms with Gasteiger partial charge in [-0.2, -0.15) is 0 Å². The highest BCUT2D eigenvalue weighted by Gasteiger charge is 2.28. The maximum atomic E-state index is 12.6. The summed E-state index contributed by atoms with van der Waals surface area (Å²) in [7, 11) is 1.82. The number of carbonyl (C=O) groups is 1. The van der Waals surface area contributed by atoms with E-state index in [0.717, 1.165) is 37.9 Å². The Morgan fingerprint density at radius 3 is 2.65 bits per heavy atom. The Morgan fingerprint density at radius 2 is 1.92 bits per heavy atom. The predicted molar refractivity (Wildman–Crippen MR) is 106 cm³/mol. The van der Waals surface area contributed by atoms with E-state index in [4.69, 9.17) is 4.74 Å². The first kappa shape index (κ1) is 18.6. The molecular formula is C22H30N2O2. The van der Waals surface area contributed by atoms with Gasteiger partial charge in [-0.25, -0.2) is 4.79 Å². The predicted octanol–water partition coefficient (Wildman–Crippen LogP) is 5.26. The highest BCUT2D eigenvalue weighted by Crippen LogP contribution is 2.36. The molecule has 1 aromatic rings. The van der Waals surface area contributed by atoms with E-state index in [1.54, 1.807) is 4.90 Å². The molecule has 0 fully saturated rings. The van der Waals surface area contributed by atoms with E-state index >= 15 is 0 Å². The van der Waals surface area contributed by atoms with Crippen molar-refractivity contribution in [1.29, 1.82) is 0 Å². The zero-order valence-corrected chi connectivity index (χ0v) is 16.6. The number of carbonyl (C=O) groups excluding carboxylic acids is 1. The lowest BCUT2D eigenvalue weighted by atomic mass is 10.0. The number of fused-ring (bicyclic) bond motifs is 1. The topological polar surface area (TPSA) is 32.8 Å². The van der Waals surface area contributed by atoms with Crippen LogP contribution in [0, 0.1) is 0 Å². The lowest BCUT2D eigenvalue weighted by Crippen LogP contribution is -2.34. The van der Waals surface area contributed by atoms with Crippen LogP contribution in [-0.4, -0.2) is 30.2 Å². The Balaban J connectivity index is 1.87. The number of aryl methyl sites for hydroxylation is 1. The second-order valence-electron chi connectivity index (χ2n) is 8.25. The van der Waals surface area contributed by atoms with Gasteiger partial charge in [-0.1, -0.05) is 18.2 Å². The van der Waals surface area contributed by atoms with E-state index in [-0.39, 0.29) is 6.09 Å². The largest absolute Gasteiger partial charge is 0.443 e. The van der Waals surface area contributed by atoms with E-state index < -0.39 is 5.60 Å². The van der Waals surface area contributed by atoms with Crippen LogP contribution in [0.4, 0.5) is 10.5 Å². The summed E-state index contributed by atoms with van der Waals surface area (Å²) in [6.07, 6.45) is 6.19. The van der Waals surface area contributed by atoms with Crippen LogP contribution in [0.3, 0.4) is 0 Å². The van der Waals surface area contributed by atoms with Gasteiger partial charge < -0.3 is 9.64 Å². The van der Waals surface area contributed by atoms with Gasteiger partial charge in [-0.3, -0.25) is 4.90 Å². The third-order valence-electron chi connectivity index (χ3n) is 4.94. The van der Waals surface area contributed by atoms with Gasteiger partial charge in [-0.15, -0.1) is 0 Å². The summed E-state index contributed by atoms with van der Waals surface area (Å²) in [6, 6.07) is 8.60. The molecule has 3 rings (SSSR count). The maximum Gasteiger partial charge on any atom is 0.414 e. The van der Waals surface area contributed by atoms with Crippen molar-refractivity contribution in [2.75, 3.05) is 18.5 Å². The van der Waals surface area contributed by atoms with E-state index in [1.807, 2.05) is 27.8 Å². The van der Waals surface area contributed by atoms with Crippen molar-refractivity contribution in [3.05, 3.63) is 52.9 Å². The highest BCUT2D eigenvalue weighted by molar-refractivity contribution is 5.72. The van der Waals surface area contributed by atoms with Crippen molar-refractivity contribution in [3.63, 3.8) is 0 Å². The van der Waals surface area contributed by atoms with E-state index in [2.05, 4.69) is 42.3 Å². The van der Waals surface area contributed by atoms with Crippen LogP contribution in [0.1, 0.15) is 52.5 Å². The number of nitrogens with zero attached hydrogens (tertiary/aromatic N) is 2. The van der Waals surface area contributed by atoms with Gasteiger partial charge in [0, 0.05) is 25.5 Å². The number of likely N-dealkylation sites (N-methyl/N-ethyl adjacent to an activating group) is 1. The molecule has 0 atom stereocenters. The Labute approximate surface area is 157 Å². The summed E-state index contributed by atoms with van der Waals surface area (Å²) >= 11 is 0. The van der Waals surface area contributed by atoms with Gasteiger partial charge in [-0.05, 0) is 76.2 Å². The van der Waals surface area contributed by atoms with Crippen LogP contribution in [0.15, 0.2) is 47.3 Å². The number of anilines is 1. The molecule has 140 valence electrons. The number of allylic oxidation sites excluding steroid dienone is 2. The third kappa shape index (κ3) is 3.95. The molecule has 0 spiro atoms. The number of hydrogen-bond donors (Lipinski definition) is 0. The molecule has 26 heavy (non-hydrogen) atoms. The van der Waals surface area contributed by atoms with Crippen LogP contribution in [0.2, 0.25) is 0 Å². The summed E-state index contributed by atoms with van der Waals surface area (Å²) in [4.78, 5) is 16.6. The zero-order valence-electron chi connectivity index (χ0n) is 16.6. The van der Waals surface area contributed by atoms with E-state index in [0.29, 0.717) is 0 Å². The Bertz CT molecular complexity index is 756. The van der Waals surface area contributed by atoms with Crippen LogP contribution < -0.4 is 4.90 Å². The van der Waals surface area contributed by atoms with Crippen molar-refractivity contribution in [2.45, 2.75) is 59.0 Å². The monoisotopic (exact) mass is 354 g/mol. The fraction of sp³-hybridized carbons (Fsp3) is 0.500. The smallest absolute Gasteiger partial charge is 0.414 e. The number of rotatable bonds is 2. The minimum absolute atomic E-state index is 0.293. The average Bonchev–Trinajstić information content (AvgIpc) is 2.93. The third-order valence-corrected chi connectivity index (χ3v) is 4.94. The normalized spacial score (nSPS) is 19.0. The molecule has 1 amide bonds. The maximum absolute atomic E-state index is 12.6. The molecule has 0 saturated carbocycles. The standard InChI is InChI=1S/C22H30N2O2/c1-16-12-13-18(20(16)23(5)21(25)26-22(2,3)4)15-24-14-8-10-17-9-6-7-11-19(17)24/h6-7,9,11,15H,8,10,12-14H2,1-5H3/b18-15+. The Morgan fingerprint density at radius 1 is 1.19 bits per heavy atom. The van der Waals surface area contributed by atoms with Crippen LogP contribution in [0.5, 0.6) is 0 Å². The summed E-state index contributed by atoms with van der Waals surface area (Å²) < 4.78 is 5.57. The first-order valence-electron chi connectivity index (χ1n) is 9.48. The van der Waals surface area contributed by atoms with Gasteiger partial charge in [0.05, 0.1) is 5.70 Å². The first-order chi connectivity index (χ1) is 12.3. The number of amides is 1.